The molecule has 3 rings (SSSR count). The molecular weight excluding hydrogens is 369 g/mol. The molecular formula is C20H21Cl2N3O. The number of hydrogen-bond donors (Lipinski definition) is 1. The number of pyridine rings is 1. The van der Waals surface area contributed by atoms with Crippen molar-refractivity contribution in [3.8, 4) is 0 Å². The Balaban J connectivity index is 1.87. The van der Waals surface area contributed by atoms with Crippen molar-refractivity contribution < 1.29 is 4.79 Å². The average molecular weight is 390 g/mol. The highest BCUT2D eigenvalue weighted by Gasteiger charge is 2.18. The molecule has 0 saturated heterocycles. The summed E-state index contributed by atoms with van der Waals surface area (Å²) in [6, 6.07) is 11.5. The van der Waals surface area contributed by atoms with Gasteiger partial charge in [-0.25, -0.2) is 4.98 Å². The Morgan fingerprint density at radius 2 is 1.88 bits per heavy atom. The van der Waals surface area contributed by atoms with Gasteiger partial charge in [-0.3, -0.25) is 4.79 Å². The third kappa shape index (κ3) is 4.37. The molecule has 4 nitrogen and oxygen atoms in total. The molecule has 2 heterocycles. The van der Waals surface area contributed by atoms with Crippen molar-refractivity contribution in [3.05, 3.63) is 58.2 Å². The van der Waals surface area contributed by atoms with E-state index >= 15 is 0 Å². The maximum absolute atomic E-state index is 12.2. The lowest BCUT2D eigenvalue weighted by atomic mass is 9.92. The van der Waals surface area contributed by atoms with Gasteiger partial charge in [0.05, 0.1) is 16.1 Å². The van der Waals surface area contributed by atoms with Crippen molar-refractivity contribution in [2.75, 3.05) is 5.32 Å². The van der Waals surface area contributed by atoms with Crippen LogP contribution in [0.2, 0.25) is 10.0 Å². The van der Waals surface area contributed by atoms with Crippen molar-refractivity contribution in [1.29, 1.82) is 0 Å². The van der Waals surface area contributed by atoms with E-state index in [1.807, 2.05) is 67.9 Å². The molecule has 0 unspecified atom stereocenters. The van der Waals surface area contributed by atoms with Crippen LogP contribution in [0.3, 0.4) is 0 Å². The number of amides is 1. The van der Waals surface area contributed by atoms with Crippen LogP contribution in [0.4, 0.5) is 5.82 Å². The van der Waals surface area contributed by atoms with E-state index in [0.29, 0.717) is 23.8 Å². The van der Waals surface area contributed by atoms with Crippen LogP contribution < -0.4 is 5.32 Å². The summed E-state index contributed by atoms with van der Waals surface area (Å²) in [4.78, 5) is 16.7. The minimum atomic E-state index is -0.0983. The lowest BCUT2D eigenvalue weighted by Gasteiger charge is -2.17. The van der Waals surface area contributed by atoms with Crippen LogP contribution in [0.15, 0.2) is 42.6 Å². The molecule has 0 aliphatic rings. The molecule has 26 heavy (non-hydrogen) atoms. The molecule has 1 amide bonds. The van der Waals surface area contributed by atoms with E-state index in [0.717, 1.165) is 21.6 Å². The Morgan fingerprint density at radius 3 is 2.58 bits per heavy atom. The fraction of sp³-hybridized carbons (Fsp3) is 0.300. The van der Waals surface area contributed by atoms with Gasteiger partial charge in [-0.1, -0.05) is 62.2 Å². The monoisotopic (exact) mass is 389 g/mol. The van der Waals surface area contributed by atoms with E-state index in [1.165, 1.54) is 0 Å². The number of carbonyl (C=O) groups excluding carboxylic acids is 1. The van der Waals surface area contributed by atoms with Gasteiger partial charge in [0.15, 0.2) is 5.82 Å². The second kappa shape index (κ2) is 7.29. The number of fused-ring (bicyclic) bond motifs is 1. The Labute approximate surface area is 163 Å². The van der Waals surface area contributed by atoms with Crippen LogP contribution in [0.1, 0.15) is 32.8 Å². The predicted octanol–water partition coefficient (Wildman–Crippen LogP) is 5.77. The molecule has 0 fully saturated rings. The number of benzene rings is 1. The molecule has 3 aromatic rings. The number of nitrogens with zero attached hydrogens (tertiary/aromatic N) is 2. The van der Waals surface area contributed by atoms with E-state index in [-0.39, 0.29) is 11.3 Å². The van der Waals surface area contributed by atoms with Gasteiger partial charge < -0.3 is 9.88 Å². The molecule has 0 saturated carbocycles. The van der Waals surface area contributed by atoms with Gasteiger partial charge in [0.2, 0.25) is 5.91 Å². The Morgan fingerprint density at radius 1 is 1.15 bits per heavy atom. The van der Waals surface area contributed by atoms with Gasteiger partial charge in [-0.05, 0) is 29.2 Å². The smallest absolute Gasteiger partial charge is 0.226 e. The lowest BCUT2D eigenvalue weighted by Crippen LogP contribution is -2.20. The fourth-order valence-electron chi connectivity index (χ4n) is 2.78. The summed E-state index contributed by atoms with van der Waals surface area (Å²) >= 11 is 12.6. The van der Waals surface area contributed by atoms with Gasteiger partial charge >= 0.3 is 0 Å². The van der Waals surface area contributed by atoms with E-state index < -0.39 is 0 Å². The summed E-state index contributed by atoms with van der Waals surface area (Å²) in [5, 5.41) is 3.95. The van der Waals surface area contributed by atoms with Crippen molar-refractivity contribution in [3.63, 3.8) is 0 Å². The van der Waals surface area contributed by atoms with Crippen LogP contribution in [-0.4, -0.2) is 15.5 Å². The zero-order valence-corrected chi connectivity index (χ0v) is 16.5. The Kier molecular flexibility index (Phi) is 5.26. The summed E-state index contributed by atoms with van der Waals surface area (Å²) in [5.41, 5.74) is 2.58. The maximum Gasteiger partial charge on any atom is 0.226 e. The van der Waals surface area contributed by atoms with Crippen LogP contribution in [0.5, 0.6) is 0 Å². The zero-order chi connectivity index (χ0) is 18.9. The molecule has 0 aliphatic carbocycles. The summed E-state index contributed by atoms with van der Waals surface area (Å²) in [6.07, 6.45) is 2.34. The summed E-state index contributed by atoms with van der Waals surface area (Å²) in [6.45, 7) is 6.66. The molecule has 0 radical (unpaired) electrons. The van der Waals surface area contributed by atoms with Crippen LogP contribution in [-0.2, 0) is 11.3 Å². The van der Waals surface area contributed by atoms with Crippen LogP contribution in [0, 0.1) is 5.41 Å². The van der Waals surface area contributed by atoms with Gasteiger partial charge in [0.1, 0.15) is 0 Å². The van der Waals surface area contributed by atoms with Crippen molar-refractivity contribution in [2.45, 2.75) is 33.7 Å². The zero-order valence-electron chi connectivity index (χ0n) is 15.0. The quantitative estimate of drug-likeness (QED) is 0.615. The first-order valence-electron chi connectivity index (χ1n) is 8.41. The van der Waals surface area contributed by atoms with Gasteiger partial charge in [0, 0.05) is 24.2 Å². The Hall–Kier alpha value is -2.04. The van der Waals surface area contributed by atoms with Gasteiger partial charge in [-0.15, -0.1) is 0 Å². The van der Waals surface area contributed by atoms with E-state index in [4.69, 9.17) is 23.2 Å². The number of hydrogen-bond acceptors (Lipinski definition) is 2. The number of nitrogens with one attached hydrogen (secondary N) is 1. The molecule has 1 N–H and O–H groups in total. The molecule has 136 valence electrons. The first-order chi connectivity index (χ1) is 12.2. The SMILES string of the molecule is CC(C)(C)CC(=O)Nc1nc2ccn(Cc3ccccc3Cl)c2cc1Cl. The third-order valence-corrected chi connectivity index (χ3v) is 4.61. The van der Waals surface area contributed by atoms with Crippen LogP contribution in [0.25, 0.3) is 11.0 Å². The first-order valence-corrected chi connectivity index (χ1v) is 9.17. The summed E-state index contributed by atoms with van der Waals surface area (Å²) in [7, 11) is 0. The molecule has 6 heteroatoms. The number of halogens is 2. The lowest BCUT2D eigenvalue weighted by molar-refractivity contribution is -0.117. The third-order valence-electron chi connectivity index (χ3n) is 3.95. The predicted molar refractivity (Wildman–Crippen MR) is 108 cm³/mol. The molecule has 1 aromatic carbocycles. The molecule has 0 aliphatic heterocycles. The number of anilines is 1. The highest BCUT2D eigenvalue weighted by atomic mass is 35.5. The van der Waals surface area contributed by atoms with Crippen molar-refractivity contribution in [2.24, 2.45) is 5.41 Å². The van der Waals surface area contributed by atoms with Crippen molar-refractivity contribution >= 4 is 46.0 Å². The highest BCUT2D eigenvalue weighted by Crippen LogP contribution is 2.28. The minimum Gasteiger partial charge on any atom is -0.342 e. The summed E-state index contributed by atoms with van der Waals surface area (Å²) in [5.74, 6) is 0.297. The number of aromatic nitrogens is 2. The van der Waals surface area contributed by atoms with E-state index in [9.17, 15) is 4.79 Å². The number of rotatable bonds is 4. The Bertz CT molecular complexity index is 957. The van der Waals surface area contributed by atoms with Gasteiger partial charge in [0.25, 0.3) is 0 Å². The fourth-order valence-corrected chi connectivity index (χ4v) is 3.17. The summed E-state index contributed by atoms with van der Waals surface area (Å²) < 4.78 is 2.04. The standard InChI is InChI=1S/C20H21Cl2N3O/c1-20(2,3)11-18(26)24-19-15(22)10-17-16(23-19)8-9-25(17)12-13-6-4-5-7-14(13)21/h4-10H,11-12H2,1-3H3,(H,23,24,26). The van der Waals surface area contributed by atoms with E-state index in [2.05, 4.69) is 10.3 Å². The highest BCUT2D eigenvalue weighted by molar-refractivity contribution is 6.34. The van der Waals surface area contributed by atoms with Crippen molar-refractivity contribution in [1.82, 2.24) is 9.55 Å². The van der Waals surface area contributed by atoms with E-state index in [1.54, 1.807) is 0 Å². The molecule has 2 aromatic heterocycles. The minimum absolute atomic E-state index is 0.0956. The molecule has 0 bridgehead atoms. The van der Waals surface area contributed by atoms with Crippen LogP contribution >= 0.6 is 23.2 Å². The normalized spacial score (nSPS) is 11.7. The molecule has 0 atom stereocenters. The largest absolute Gasteiger partial charge is 0.342 e. The first kappa shape index (κ1) is 18.7. The van der Waals surface area contributed by atoms with Gasteiger partial charge in [-0.2, -0.15) is 0 Å². The second-order valence-corrected chi connectivity index (χ2v) is 8.36. The second-order valence-electron chi connectivity index (χ2n) is 7.54. The maximum atomic E-state index is 12.2. The topological polar surface area (TPSA) is 46.9 Å². The molecule has 0 spiro atoms. The number of carbonyl (C=O) groups is 1. The average Bonchev–Trinajstić information content (AvgIpc) is 2.90.